The minimum Gasteiger partial charge on any atom is -0.326 e. The second-order valence-electron chi connectivity index (χ2n) is 2.53. The van der Waals surface area contributed by atoms with Gasteiger partial charge in [-0.1, -0.05) is 18.5 Å². The maximum absolute atomic E-state index is 11.0. The fourth-order valence-corrected chi connectivity index (χ4v) is 1.32. The Bertz CT molecular complexity index is 327. The predicted octanol–water partition coefficient (Wildman–Crippen LogP) is 3.45. The first-order valence-corrected chi connectivity index (χ1v) is 5.05. The van der Waals surface area contributed by atoms with Gasteiger partial charge in [0.05, 0.1) is 5.02 Å². The van der Waals surface area contributed by atoms with E-state index in [-0.39, 0.29) is 5.91 Å². The summed E-state index contributed by atoms with van der Waals surface area (Å²) in [7, 11) is 0. The molecular weight excluding hydrogens is 253 g/mol. The molecule has 0 aliphatic carbocycles. The molecule has 0 atom stereocenters. The smallest absolute Gasteiger partial charge is 0.224 e. The van der Waals surface area contributed by atoms with Crippen molar-refractivity contribution in [3.8, 4) is 0 Å². The van der Waals surface area contributed by atoms with E-state index in [1.165, 1.54) is 0 Å². The van der Waals surface area contributed by atoms with E-state index in [0.717, 1.165) is 10.2 Å². The summed E-state index contributed by atoms with van der Waals surface area (Å²) in [5, 5.41) is 3.37. The van der Waals surface area contributed by atoms with Crippen LogP contribution in [0.25, 0.3) is 0 Å². The van der Waals surface area contributed by atoms with Gasteiger partial charge < -0.3 is 5.32 Å². The maximum Gasteiger partial charge on any atom is 0.224 e. The largest absolute Gasteiger partial charge is 0.326 e. The Morgan fingerprint density at radius 2 is 2.31 bits per heavy atom. The average Bonchev–Trinajstić information content (AvgIpc) is 2.11. The standard InChI is InChI=1S/C9H9BrClNO/c1-2-9(13)12-6-3-4-8(11)7(10)5-6/h3-5H,2H2,1H3,(H,12,13). The number of hydrogen-bond acceptors (Lipinski definition) is 1. The molecule has 1 N–H and O–H groups in total. The number of halogens is 2. The van der Waals surface area contributed by atoms with Crippen LogP contribution in [0.4, 0.5) is 5.69 Å². The third-order valence-corrected chi connectivity index (χ3v) is 2.74. The van der Waals surface area contributed by atoms with Gasteiger partial charge in [0.25, 0.3) is 0 Å². The second kappa shape index (κ2) is 4.63. The van der Waals surface area contributed by atoms with Gasteiger partial charge in [-0.05, 0) is 34.1 Å². The zero-order valence-electron chi connectivity index (χ0n) is 7.10. The Hall–Kier alpha value is -0.540. The quantitative estimate of drug-likeness (QED) is 0.869. The van der Waals surface area contributed by atoms with E-state index in [4.69, 9.17) is 11.6 Å². The van der Waals surface area contributed by atoms with Crippen LogP contribution < -0.4 is 5.32 Å². The molecule has 0 heterocycles. The van der Waals surface area contributed by atoms with Crippen molar-refractivity contribution in [3.63, 3.8) is 0 Å². The fourth-order valence-electron chi connectivity index (χ4n) is 0.823. The number of carbonyl (C=O) groups is 1. The normalized spacial score (nSPS) is 9.77. The lowest BCUT2D eigenvalue weighted by Gasteiger charge is -2.04. The number of hydrogen-bond donors (Lipinski definition) is 1. The summed E-state index contributed by atoms with van der Waals surface area (Å²) < 4.78 is 0.781. The van der Waals surface area contributed by atoms with Gasteiger partial charge in [0, 0.05) is 16.6 Å². The molecule has 1 aromatic rings. The van der Waals surface area contributed by atoms with Crippen LogP contribution in [-0.2, 0) is 4.79 Å². The molecule has 2 nitrogen and oxygen atoms in total. The highest BCUT2D eigenvalue weighted by molar-refractivity contribution is 9.10. The zero-order valence-corrected chi connectivity index (χ0v) is 9.45. The number of anilines is 1. The van der Waals surface area contributed by atoms with E-state index in [1.54, 1.807) is 25.1 Å². The summed E-state index contributed by atoms with van der Waals surface area (Å²) in [6.07, 6.45) is 0.472. The Balaban J connectivity index is 2.79. The molecule has 0 saturated heterocycles. The third kappa shape index (κ3) is 3.01. The third-order valence-electron chi connectivity index (χ3n) is 1.52. The summed E-state index contributed by atoms with van der Waals surface area (Å²) >= 11 is 9.07. The van der Waals surface area contributed by atoms with E-state index in [1.807, 2.05) is 0 Å². The summed E-state index contributed by atoms with van der Waals surface area (Å²) in [6.45, 7) is 1.81. The van der Waals surface area contributed by atoms with Crippen LogP contribution in [-0.4, -0.2) is 5.91 Å². The number of rotatable bonds is 2. The van der Waals surface area contributed by atoms with Crippen molar-refractivity contribution in [1.29, 1.82) is 0 Å². The molecule has 0 aliphatic rings. The zero-order chi connectivity index (χ0) is 9.84. The lowest BCUT2D eigenvalue weighted by atomic mass is 10.3. The first-order valence-electron chi connectivity index (χ1n) is 3.88. The van der Waals surface area contributed by atoms with E-state index < -0.39 is 0 Å². The van der Waals surface area contributed by atoms with Gasteiger partial charge in [0.15, 0.2) is 0 Å². The lowest BCUT2D eigenvalue weighted by Crippen LogP contribution is -2.09. The molecule has 0 fully saturated rings. The molecule has 0 spiro atoms. The Kier molecular flexibility index (Phi) is 3.75. The molecule has 1 amide bonds. The van der Waals surface area contributed by atoms with Crippen molar-refractivity contribution < 1.29 is 4.79 Å². The van der Waals surface area contributed by atoms with Crippen LogP contribution >= 0.6 is 27.5 Å². The molecule has 0 saturated carbocycles. The van der Waals surface area contributed by atoms with Crippen molar-refractivity contribution in [1.82, 2.24) is 0 Å². The second-order valence-corrected chi connectivity index (χ2v) is 3.79. The van der Waals surface area contributed by atoms with Crippen LogP contribution in [0.2, 0.25) is 5.02 Å². The summed E-state index contributed by atoms with van der Waals surface area (Å²) in [6, 6.07) is 5.27. The van der Waals surface area contributed by atoms with Gasteiger partial charge in [0.2, 0.25) is 5.91 Å². The van der Waals surface area contributed by atoms with Gasteiger partial charge in [-0.25, -0.2) is 0 Å². The molecule has 13 heavy (non-hydrogen) atoms. The number of carbonyl (C=O) groups excluding carboxylic acids is 1. The highest BCUT2D eigenvalue weighted by Crippen LogP contribution is 2.25. The Morgan fingerprint density at radius 1 is 1.62 bits per heavy atom. The molecule has 1 aromatic carbocycles. The molecule has 70 valence electrons. The van der Waals surface area contributed by atoms with E-state index in [0.29, 0.717) is 11.4 Å². The minimum atomic E-state index is -0.00535. The number of amides is 1. The Labute approximate surface area is 90.4 Å². The van der Waals surface area contributed by atoms with Crippen LogP contribution in [0.5, 0.6) is 0 Å². The first kappa shape index (κ1) is 10.5. The van der Waals surface area contributed by atoms with Crippen molar-refractivity contribution in [2.24, 2.45) is 0 Å². The van der Waals surface area contributed by atoms with Gasteiger partial charge >= 0.3 is 0 Å². The predicted molar refractivity (Wildman–Crippen MR) is 58.1 cm³/mol. The monoisotopic (exact) mass is 261 g/mol. The fraction of sp³-hybridized carbons (Fsp3) is 0.222. The van der Waals surface area contributed by atoms with Gasteiger partial charge in [-0.15, -0.1) is 0 Å². The highest BCUT2D eigenvalue weighted by atomic mass is 79.9. The van der Waals surface area contributed by atoms with Gasteiger partial charge in [-0.3, -0.25) is 4.79 Å². The van der Waals surface area contributed by atoms with Crippen molar-refractivity contribution in [2.45, 2.75) is 13.3 Å². The highest BCUT2D eigenvalue weighted by Gasteiger charge is 2.01. The molecule has 1 rings (SSSR count). The molecule has 0 unspecified atom stereocenters. The molecule has 0 bridgehead atoms. The topological polar surface area (TPSA) is 29.1 Å². The maximum atomic E-state index is 11.0. The van der Waals surface area contributed by atoms with E-state index in [2.05, 4.69) is 21.2 Å². The van der Waals surface area contributed by atoms with Crippen LogP contribution in [0.1, 0.15) is 13.3 Å². The number of nitrogens with one attached hydrogen (secondary N) is 1. The summed E-state index contributed by atoms with van der Waals surface area (Å²) in [4.78, 5) is 11.0. The average molecular weight is 263 g/mol. The molecule has 4 heteroatoms. The van der Waals surface area contributed by atoms with Crippen molar-refractivity contribution in [3.05, 3.63) is 27.7 Å². The van der Waals surface area contributed by atoms with Gasteiger partial charge in [0.1, 0.15) is 0 Å². The molecule has 0 aromatic heterocycles. The molecule has 0 radical (unpaired) electrons. The van der Waals surface area contributed by atoms with Crippen LogP contribution in [0.15, 0.2) is 22.7 Å². The summed E-state index contributed by atoms with van der Waals surface area (Å²) in [5.41, 5.74) is 0.753. The summed E-state index contributed by atoms with van der Waals surface area (Å²) in [5.74, 6) is -0.00535. The Morgan fingerprint density at radius 3 is 2.85 bits per heavy atom. The minimum absolute atomic E-state index is 0.00535. The SMILES string of the molecule is CCC(=O)Nc1ccc(Cl)c(Br)c1. The first-order chi connectivity index (χ1) is 6.13. The molecular formula is C9H9BrClNO. The molecule has 0 aliphatic heterocycles. The van der Waals surface area contributed by atoms with Crippen molar-refractivity contribution >= 4 is 39.1 Å². The van der Waals surface area contributed by atoms with Crippen LogP contribution in [0.3, 0.4) is 0 Å². The van der Waals surface area contributed by atoms with E-state index in [9.17, 15) is 4.79 Å². The van der Waals surface area contributed by atoms with E-state index >= 15 is 0 Å². The lowest BCUT2D eigenvalue weighted by molar-refractivity contribution is -0.115. The number of benzene rings is 1. The van der Waals surface area contributed by atoms with Crippen molar-refractivity contribution in [2.75, 3.05) is 5.32 Å². The van der Waals surface area contributed by atoms with Crippen LogP contribution in [0, 0.1) is 0 Å². The van der Waals surface area contributed by atoms with Gasteiger partial charge in [-0.2, -0.15) is 0 Å².